The highest BCUT2D eigenvalue weighted by atomic mass is 16.5. The highest BCUT2D eigenvalue weighted by molar-refractivity contribution is 5.74. The summed E-state index contributed by atoms with van der Waals surface area (Å²) in [6, 6.07) is 10.6. The maximum atomic E-state index is 12.5. The molecule has 1 unspecified atom stereocenters. The lowest BCUT2D eigenvalue weighted by Crippen LogP contribution is -2.52. The number of nitrogens with one attached hydrogen (secondary N) is 1. The third kappa shape index (κ3) is 4.95. The van der Waals surface area contributed by atoms with E-state index in [1.807, 2.05) is 11.0 Å². The lowest BCUT2D eigenvalue weighted by molar-refractivity contribution is -0.0182. The Morgan fingerprint density at radius 2 is 1.96 bits per heavy atom. The number of benzene rings is 1. The molecule has 0 radical (unpaired) electrons. The van der Waals surface area contributed by atoms with Crippen LogP contribution in [0.5, 0.6) is 0 Å². The molecule has 3 rings (SSSR count). The molecule has 2 N–H and O–H groups in total. The zero-order valence-electron chi connectivity index (χ0n) is 14.2. The van der Waals surface area contributed by atoms with Crippen LogP contribution in [0.2, 0.25) is 0 Å². The van der Waals surface area contributed by atoms with Gasteiger partial charge in [0, 0.05) is 19.1 Å². The molecule has 0 aromatic heterocycles. The van der Waals surface area contributed by atoms with Gasteiger partial charge >= 0.3 is 6.03 Å². The molecule has 1 saturated heterocycles. The summed E-state index contributed by atoms with van der Waals surface area (Å²) in [5, 5.41) is 12.7. The minimum atomic E-state index is -0.191. The fourth-order valence-corrected chi connectivity index (χ4v) is 3.54. The minimum absolute atomic E-state index is 0.0180. The van der Waals surface area contributed by atoms with E-state index in [-0.39, 0.29) is 24.3 Å². The number of urea groups is 1. The van der Waals surface area contributed by atoms with Crippen LogP contribution in [-0.4, -0.2) is 54.0 Å². The van der Waals surface area contributed by atoms with Crippen LogP contribution >= 0.6 is 0 Å². The molecule has 1 aliphatic carbocycles. The molecule has 0 bridgehead atoms. The van der Waals surface area contributed by atoms with Crippen LogP contribution in [-0.2, 0) is 11.2 Å². The van der Waals surface area contributed by atoms with Crippen molar-refractivity contribution in [3.05, 3.63) is 35.9 Å². The van der Waals surface area contributed by atoms with Crippen molar-refractivity contribution in [3.8, 4) is 0 Å². The maximum Gasteiger partial charge on any atom is 0.317 e. The summed E-state index contributed by atoms with van der Waals surface area (Å²) in [5.41, 5.74) is 1.31. The van der Waals surface area contributed by atoms with Crippen molar-refractivity contribution in [2.24, 2.45) is 0 Å². The van der Waals surface area contributed by atoms with E-state index >= 15 is 0 Å². The summed E-state index contributed by atoms with van der Waals surface area (Å²) in [6.07, 6.45) is 5.14. The molecule has 2 fully saturated rings. The van der Waals surface area contributed by atoms with Gasteiger partial charge in [0.2, 0.25) is 0 Å². The van der Waals surface area contributed by atoms with Crippen molar-refractivity contribution < 1.29 is 14.6 Å². The number of hydrogen-bond acceptors (Lipinski definition) is 3. The Kier molecular flexibility index (Phi) is 6.10. The second kappa shape index (κ2) is 8.49. The number of aliphatic hydroxyl groups is 1. The Hall–Kier alpha value is -1.59. The molecular formula is C19H28N2O3. The number of rotatable bonds is 4. The average Bonchev–Trinajstić information content (AvgIpc) is 2.63. The summed E-state index contributed by atoms with van der Waals surface area (Å²) in [4.78, 5) is 14.3. The highest BCUT2D eigenvalue weighted by Crippen LogP contribution is 2.19. The first-order valence-electron chi connectivity index (χ1n) is 9.10. The van der Waals surface area contributed by atoms with Crippen LogP contribution < -0.4 is 5.32 Å². The highest BCUT2D eigenvalue weighted by Gasteiger charge is 2.27. The molecule has 24 heavy (non-hydrogen) atoms. The number of nitrogens with zero attached hydrogens (tertiary/aromatic N) is 1. The monoisotopic (exact) mass is 332 g/mol. The molecule has 1 heterocycles. The molecule has 2 aliphatic rings. The zero-order chi connectivity index (χ0) is 16.8. The molecule has 1 aromatic rings. The van der Waals surface area contributed by atoms with Crippen molar-refractivity contribution in [3.63, 3.8) is 0 Å². The first-order valence-corrected chi connectivity index (χ1v) is 9.10. The second-order valence-corrected chi connectivity index (χ2v) is 6.92. The van der Waals surface area contributed by atoms with E-state index in [1.54, 1.807) is 0 Å². The van der Waals surface area contributed by atoms with Gasteiger partial charge in [-0.3, -0.25) is 0 Å². The van der Waals surface area contributed by atoms with Crippen LogP contribution in [0.15, 0.2) is 30.3 Å². The van der Waals surface area contributed by atoms with E-state index in [9.17, 15) is 9.90 Å². The number of hydrogen-bond donors (Lipinski definition) is 2. The SMILES string of the molecule is O=C(NC1CCC(O)CC1)N1CCOC(CCc2ccccc2)C1. The van der Waals surface area contributed by atoms with Crippen LogP contribution in [0.25, 0.3) is 0 Å². The first kappa shape index (κ1) is 17.2. The molecule has 5 nitrogen and oxygen atoms in total. The summed E-state index contributed by atoms with van der Waals surface area (Å²) in [5.74, 6) is 0. The van der Waals surface area contributed by atoms with E-state index in [1.165, 1.54) is 5.56 Å². The Balaban J connectivity index is 1.43. The number of amides is 2. The molecule has 1 aromatic carbocycles. The Bertz CT molecular complexity index is 515. The number of aryl methyl sites for hydroxylation is 1. The van der Waals surface area contributed by atoms with Gasteiger partial charge in [0.1, 0.15) is 0 Å². The molecule has 2 amide bonds. The third-order valence-electron chi connectivity index (χ3n) is 5.05. The van der Waals surface area contributed by atoms with Crippen LogP contribution in [0.1, 0.15) is 37.7 Å². The minimum Gasteiger partial charge on any atom is -0.393 e. The quantitative estimate of drug-likeness (QED) is 0.889. The van der Waals surface area contributed by atoms with Crippen molar-refractivity contribution in [2.75, 3.05) is 19.7 Å². The fourth-order valence-electron chi connectivity index (χ4n) is 3.54. The van der Waals surface area contributed by atoms with E-state index in [4.69, 9.17) is 4.74 Å². The molecule has 1 saturated carbocycles. The van der Waals surface area contributed by atoms with Gasteiger partial charge in [-0.05, 0) is 44.1 Å². The van der Waals surface area contributed by atoms with Crippen LogP contribution in [0.3, 0.4) is 0 Å². The number of aliphatic hydroxyl groups excluding tert-OH is 1. The average molecular weight is 332 g/mol. The van der Waals surface area contributed by atoms with Crippen LogP contribution in [0, 0.1) is 0 Å². The summed E-state index contributed by atoms with van der Waals surface area (Å²) in [7, 11) is 0. The second-order valence-electron chi connectivity index (χ2n) is 6.92. The zero-order valence-corrected chi connectivity index (χ0v) is 14.2. The predicted molar refractivity (Wildman–Crippen MR) is 92.9 cm³/mol. The summed E-state index contributed by atoms with van der Waals surface area (Å²) in [6.45, 7) is 1.92. The van der Waals surface area contributed by atoms with Gasteiger partial charge in [-0.15, -0.1) is 0 Å². The Morgan fingerprint density at radius 3 is 2.71 bits per heavy atom. The van der Waals surface area contributed by atoms with Crippen molar-refractivity contribution >= 4 is 6.03 Å². The van der Waals surface area contributed by atoms with Crippen LogP contribution in [0.4, 0.5) is 4.79 Å². The van der Waals surface area contributed by atoms with Gasteiger partial charge in [-0.25, -0.2) is 4.79 Å². The maximum absolute atomic E-state index is 12.5. The topological polar surface area (TPSA) is 61.8 Å². The summed E-state index contributed by atoms with van der Waals surface area (Å²) < 4.78 is 5.83. The summed E-state index contributed by atoms with van der Waals surface area (Å²) >= 11 is 0. The Labute approximate surface area is 144 Å². The van der Waals surface area contributed by atoms with Crippen molar-refractivity contribution in [1.82, 2.24) is 10.2 Å². The Morgan fingerprint density at radius 1 is 1.21 bits per heavy atom. The number of carbonyl (C=O) groups excluding carboxylic acids is 1. The van der Waals surface area contributed by atoms with E-state index < -0.39 is 0 Å². The molecule has 5 heteroatoms. The van der Waals surface area contributed by atoms with Crippen molar-refractivity contribution in [2.45, 2.75) is 56.8 Å². The largest absolute Gasteiger partial charge is 0.393 e. The molecule has 132 valence electrons. The predicted octanol–water partition coefficient (Wildman–Crippen LogP) is 2.33. The smallest absolute Gasteiger partial charge is 0.317 e. The standard InChI is InChI=1S/C19H28N2O3/c22-17-9-7-16(8-10-17)20-19(23)21-12-13-24-18(14-21)11-6-15-4-2-1-3-5-15/h1-5,16-18,22H,6-14H2,(H,20,23). The molecule has 1 aliphatic heterocycles. The number of carbonyl (C=O) groups is 1. The lowest BCUT2D eigenvalue weighted by Gasteiger charge is -2.35. The molecular weight excluding hydrogens is 304 g/mol. The third-order valence-corrected chi connectivity index (χ3v) is 5.05. The normalized spacial score (nSPS) is 27.7. The number of morpholine rings is 1. The van der Waals surface area contributed by atoms with E-state index in [2.05, 4.69) is 29.6 Å². The van der Waals surface area contributed by atoms with Gasteiger partial charge in [0.25, 0.3) is 0 Å². The fraction of sp³-hybridized carbons (Fsp3) is 0.632. The molecule has 0 spiro atoms. The van der Waals surface area contributed by atoms with Gasteiger partial charge < -0.3 is 20.1 Å². The van der Waals surface area contributed by atoms with Gasteiger partial charge in [-0.1, -0.05) is 30.3 Å². The first-order chi connectivity index (χ1) is 11.7. The van der Waals surface area contributed by atoms with E-state index in [0.29, 0.717) is 19.7 Å². The van der Waals surface area contributed by atoms with Gasteiger partial charge in [-0.2, -0.15) is 0 Å². The van der Waals surface area contributed by atoms with Crippen molar-refractivity contribution in [1.29, 1.82) is 0 Å². The van der Waals surface area contributed by atoms with E-state index in [0.717, 1.165) is 38.5 Å². The van der Waals surface area contributed by atoms with Gasteiger partial charge in [0.05, 0.1) is 18.8 Å². The van der Waals surface area contributed by atoms with Gasteiger partial charge in [0.15, 0.2) is 0 Å². The molecule has 1 atom stereocenters. The number of ether oxygens (including phenoxy) is 1. The lowest BCUT2D eigenvalue weighted by atomic mass is 9.93.